The molecule has 1 rings (SSSR count). The molecule has 0 amide bonds. The van der Waals surface area contributed by atoms with Gasteiger partial charge in [-0.25, -0.2) is 9.59 Å². The molecule has 21 heavy (non-hydrogen) atoms. The van der Waals surface area contributed by atoms with Crippen LogP contribution in [0.15, 0.2) is 34.3 Å². The highest BCUT2D eigenvalue weighted by Gasteiger charge is 2.26. The number of hydrogen-bond acceptors (Lipinski definition) is 4. The second-order valence-corrected chi connectivity index (χ2v) is 5.41. The summed E-state index contributed by atoms with van der Waals surface area (Å²) in [5.41, 5.74) is 1.23. The van der Waals surface area contributed by atoms with Crippen molar-refractivity contribution in [1.82, 2.24) is 0 Å². The maximum absolute atomic E-state index is 12.1. The van der Waals surface area contributed by atoms with Gasteiger partial charge in [0.15, 0.2) is 0 Å². The van der Waals surface area contributed by atoms with Crippen LogP contribution in [0.2, 0.25) is 0 Å². The molecule has 0 aliphatic carbocycles. The first-order valence-electron chi connectivity index (χ1n) is 6.44. The van der Waals surface area contributed by atoms with Gasteiger partial charge >= 0.3 is 11.9 Å². The second-order valence-electron chi connectivity index (χ2n) is 3.94. The minimum atomic E-state index is -0.673. The summed E-state index contributed by atoms with van der Waals surface area (Å²) >= 11 is 6.68. The molecular weight excluding hydrogens is 404 g/mol. The maximum Gasteiger partial charge on any atom is 0.345 e. The monoisotopic (exact) mass is 418 g/mol. The third-order valence-electron chi connectivity index (χ3n) is 2.59. The summed E-state index contributed by atoms with van der Waals surface area (Å²) in [6, 6.07) is 7.32. The van der Waals surface area contributed by atoms with Gasteiger partial charge in [0.2, 0.25) is 0 Å². The zero-order valence-corrected chi connectivity index (χ0v) is 15.0. The molecule has 0 saturated heterocycles. The third kappa shape index (κ3) is 4.97. The van der Waals surface area contributed by atoms with Gasteiger partial charge in [-0.05, 0) is 37.1 Å². The molecule has 0 aromatic heterocycles. The predicted molar refractivity (Wildman–Crippen MR) is 88.1 cm³/mol. The van der Waals surface area contributed by atoms with Crippen LogP contribution in [0.5, 0.6) is 0 Å². The van der Waals surface area contributed by atoms with Gasteiger partial charge in [-0.1, -0.05) is 44.0 Å². The topological polar surface area (TPSA) is 52.6 Å². The average molecular weight is 420 g/mol. The Hall–Kier alpha value is -1.14. The van der Waals surface area contributed by atoms with Crippen molar-refractivity contribution in [2.24, 2.45) is 0 Å². The Bertz CT molecular complexity index is 515. The first kappa shape index (κ1) is 17.9. The van der Waals surface area contributed by atoms with E-state index in [-0.39, 0.29) is 18.8 Å². The first-order valence-corrected chi connectivity index (χ1v) is 8.35. The van der Waals surface area contributed by atoms with Gasteiger partial charge in [0, 0.05) is 9.80 Å². The lowest BCUT2D eigenvalue weighted by Gasteiger charge is -2.12. The van der Waals surface area contributed by atoms with Crippen molar-refractivity contribution in [3.63, 3.8) is 0 Å². The highest BCUT2D eigenvalue weighted by Crippen LogP contribution is 2.24. The zero-order chi connectivity index (χ0) is 15.8. The van der Waals surface area contributed by atoms with E-state index in [4.69, 9.17) is 9.47 Å². The quantitative estimate of drug-likeness (QED) is 0.232. The largest absolute Gasteiger partial charge is 0.462 e. The number of rotatable bonds is 6. The van der Waals surface area contributed by atoms with Crippen LogP contribution < -0.4 is 0 Å². The van der Waals surface area contributed by atoms with Gasteiger partial charge in [0.25, 0.3) is 0 Å². The molecule has 0 bridgehead atoms. The molecule has 0 fully saturated rings. The van der Waals surface area contributed by atoms with Crippen LogP contribution in [0.4, 0.5) is 0 Å². The molecule has 0 spiro atoms. The Labute approximate surface area is 140 Å². The summed E-state index contributed by atoms with van der Waals surface area (Å²) in [5, 5.41) is 0.335. The fourth-order valence-electron chi connectivity index (χ4n) is 1.68. The van der Waals surface area contributed by atoms with E-state index >= 15 is 0 Å². The van der Waals surface area contributed by atoms with Crippen molar-refractivity contribution < 1.29 is 19.1 Å². The molecule has 0 aliphatic rings. The molecule has 0 atom stereocenters. The van der Waals surface area contributed by atoms with E-state index in [9.17, 15) is 9.59 Å². The fourth-order valence-corrected chi connectivity index (χ4v) is 2.54. The lowest BCUT2D eigenvalue weighted by atomic mass is 10.0. The highest BCUT2D eigenvalue weighted by atomic mass is 79.9. The molecular formula is C15H16Br2O4. The summed E-state index contributed by atoms with van der Waals surface area (Å²) in [6.45, 7) is 3.76. The van der Waals surface area contributed by atoms with Crippen molar-refractivity contribution in [1.29, 1.82) is 0 Å². The number of carbonyl (C=O) groups is 2. The van der Waals surface area contributed by atoms with Gasteiger partial charge in [-0.2, -0.15) is 0 Å². The summed E-state index contributed by atoms with van der Waals surface area (Å²) in [4.78, 5) is 24.2. The smallest absolute Gasteiger partial charge is 0.345 e. The fraction of sp³-hybridized carbons (Fsp3) is 0.333. The number of benzene rings is 1. The van der Waals surface area contributed by atoms with E-state index in [0.717, 1.165) is 10.0 Å². The first-order chi connectivity index (χ1) is 10.0. The Balaban J connectivity index is 3.36. The summed E-state index contributed by atoms with van der Waals surface area (Å²) in [7, 11) is 0. The van der Waals surface area contributed by atoms with E-state index in [1.807, 2.05) is 24.3 Å². The lowest BCUT2D eigenvalue weighted by Crippen LogP contribution is -2.20. The Kier molecular flexibility index (Phi) is 7.67. The minimum Gasteiger partial charge on any atom is -0.462 e. The number of esters is 2. The summed E-state index contributed by atoms with van der Waals surface area (Å²) < 4.78 is 10.9. The lowest BCUT2D eigenvalue weighted by molar-refractivity contribution is -0.146. The van der Waals surface area contributed by atoms with Crippen molar-refractivity contribution in [2.75, 3.05) is 18.5 Å². The van der Waals surface area contributed by atoms with Gasteiger partial charge in [0.05, 0.1) is 13.2 Å². The third-order valence-corrected chi connectivity index (χ3v) is 3.68. The molecule has 0 N–H and O–H groups in total. The summed E-state index contributed by atoms with van der Waals surface area (Å²) in [5.74, 6) is -1.35. The molecule has 4 nitrogen and oxygen atoms in total. The van der Waals surface area contributed by atoms with Crippen molar-refractivity contribution in [3.8, 4) is 0 Å². The van der Waals surface area contributed by atoms with E-state index in [2.05, 4.69) is 31.9 Å². The maximum atomic E-state index is 12.1. The summed E-state index contributed by atoms with van der Waals surface area (Å²) in [6.07, 6.45) is 0. The molecule has 0 aliphatic heterocycles. The van der Waals surface area contributed by atoms with Gasteiger partial charge < -0.3 is 9.47 Å². The van der Waals surface area contributed by atoms with Crippen molar-refractivity contribution >= 4 is 49.4 Å². The number of halogens is 2. The van der Waals surface area contributed by atoms with Crippen LogP contribution in [-0.2, 0) is 19.1 Å². The van der Waals surface area contributed by atoms with Crippen LogP contribution in [0, 0.1) is 0 Å². The number of hydrogen-bond donors (Lipinski definition) is 0. The number of ether oxygens (including phenoxy) is 2. The average Bonchev–Trinajstić information content (AvgIpc) is 2.46. The van der Waals surface area contributed by atoms with Gasteiger partial charge in [-0.15, -0.1) is 0 Å². The van der Waals surface area contributed by atoms with Crippen LogP contribution in [-0.4, -0.2) is 30.5 Å². The predicted octanol–water partition coefficient (Wildman–Crippen LogP) is 3.72. The number of alkyl halides is 1. The molecule has 6 heteroatoms. The van der Waals surface area contributed by atoms with Gasteiger partial charge in [-0.3, -0.25) is 0 Å². The van der Waals surface area contributed by atoms with Crippen LogP contribution >= 0.6 is 31.9 Å². The van der Waals surface area contributed by atoms with Crippen molar-refractivity contribution in [2.45, 2.75) is 13.8 Å². The standard InChI is InChI=1S/C15H16Br2O4/c1-3-20-14(18)13(15(19)21-4-2)12(9-16)10-5-7-11(17)8-6-10/h5-8H,3-4,9H2,1-2H3. The number of allylic oxidation sites excluding steroid dienone is 1. The number of carbonyl (C=O) groups excluding carboxylic acids is 2. The van der Waals surface area contributed by atoms with Crippen LogP contribution in [0.3, 0.4) is 0 Å². The molecule has 0 heterocycles. The molecule has 0 saturated carbocycles. The molecule has 1 aromatic rings. The van der Waals surface area contributed by atoms with E-state index in [1.54, 1.807) is 13.8 Å². The minimum absolute atomic E-state index is 0.0714. The highest BCUT2D eigenvalue weighted by molar-refractivity contribution is 9.10. The second kappa shape index (κ2) is 9.00. The molecule has 0 unspecified atom stereocenters. The van der Waals surface area contributed by atoms with E-state index < -0.39 is 11.9 Å². The van der Waals surface area contributed by atoms with E-state index in [0.29, 0.717) is 10.9 Å². The molecule has 1 aromatic carbocycles. The van der Waals surface area contributed by atoms with E-state index in [1.165, 1.54) is 0 Å². The van der Waals surface area contributed by atoms with Gasteiger partial charge in [0.1, 0.15) is 5.57 Å². The Morgan fingerprint density at radius 3 is 1.86 bits per heavy atom. The van der Waals surface area contributed by atoms with Crippen molar-refractivity contribution in [3.05, 3.63) is 39.9 Å². The zero-order valence-electron chi connectivity index (χ0n) is 11.8. The molecule has 0 radical (unpaired) electrons. The van der Waals surface area contributed by atoms with Crippen LogP contribution in [0.25, 0.3) is 5.57 Å². The SMILES string of the molecule is CCOC(=O)C(C(=O)OCC)=C(CBr)c1ccc(Br)cc1. The normalized spacial score (nSPS) is 9.90. The Morgan fingerprint density at radius 2 is 1.48 bits per heavy atom. The molecule has 114 valence electrons. The Morgan fingerprint density at radius 1 is 1.00 bits per heavy atom. The van der Waals surface area contributed by atoms with Crippen LogP contribution in [0.1, 0.15) is 19.4 Å².